The lowest BCUT2D eigenvalue weighted by Gasteiger charge is -2.31. The summed E-state index contributed by atoms with van der Waals surface area (Å²) in [6, 6.07) is 0. The molecule has 8 nitrogen and oxygen atoms in total. The van der Waals surface area contributed by atoms with Crippen LogP contribution in [0.2, 0.25) is 0 Å². The first-order chi connectivity index (χ1) is 12.3. The van der Waals surface area contributed by atoms with Gasteiger partial charge in [-0.2, -0.15) is 5.10 Å². The molecule has 136 valence electrons. The maximum absolute atomic E-state index is 5.44. The second-order valence-electron chi connectivity index (χ2n) is 7.33. The van der Waals surface area contributed by atoms with E-state index in [1.165, 1.54) is 24.1 Å². The summed E-state index contributed by atoms with van der Waals surface area (Å²) in [4.78, 5) is 2.47. The van der Waals surface area contributed by atoms with Crippen molar-refractivity contribution < 1.29 is 4.74 Å². The Morgan fingerprint density at radius 3 is 2.72 bits per heavy atom. The number of rotatable bonds is 5. The molecule has 0 radical (unpaired) electrons. The van der Waals surface area contributed by atoms with Gasteiger partial charge < -0.3 is 4.74 Å². The van der Waals surface area contributed by atoms with Gasteiger partial charge in [-0.1, -0.05) is 0 Å². The highest BCUT2D eigenvalue weighted by atomic mass is 16.5. The monoisotopic (exact) mass is 345 g/mol. The van der Waals surface area contributed by atoms with Crippen molar-refractivity contribution in [3.63, 3.8) is 0 Å². The van der Waals surface area contributed by atoms with Crippen molar-refractivity contribution in [2.24, 2.45) is 5.92 Å². The van der Waals surface area contributed by atoms with Crippen LogP contribution in [-0.2, 0) is 17.8 Å². The van der Waals surface area contributed by atoms with Gasteiger partial charge in [0.15, 0.2) is 5.82 Å². The number of nitrogens with one attached hydrogen (secondary N) is 1. The first kappa shape index (κ1) is 16.7. The molecule has 2 aliphatic rings. The Labute approximate surface area is 147 Å². The van der Waals surface area contributed by atoms with E-state index in [-0.39, 0.29) is 0 Å². The fourth-order valence-corrected chi connectivity index (χ4v) is 4.03. The summed E-state index contributed by atoms with van der Waals surface area (Å²) >= 11 is 0. The number of aryl methyl sites for hydroxylation is 1. The maximum Gasteiger partial charge on any atom is 0.165 e. The molecule has 2 aromatic rings. The molecule has 0 saturated carbocycles. The van der Waals surface area contributed by atoms with E-state index in [0.29, 0.717) is 11.8 Å². The smallest absolute Gasteiger partial charge is 0.165 e. The molecule has 8 heteroatoms. The fraction of sp³-hybridized carbons (Fsp3) is 0.765. The minimum atomic E-state index is 0.619. The number of hydrogen-bond donors (Lipinski definition) is 1. The minimum absolute atomic E-state index is 0.619. The molecular weight excluding hydrogens is 318 g/mol. The standard InChI is InChI=1S/C17H27N7O/c1-13-16(10-18-19-13)15-2-6-23(7-3-15)12-17-20-21-22-24(17)11-14-4-8-25-9-5-14/h10,14-15H,2-9,11-12H2,1H3,(H,18,19). The summed E-state index contributed by atoms with van der Waals surface area (Å²) in [5.74, 6) is 2.24. The van der Waals surface area contributed by atoms with Crippen molar-refractivity contribution in [2.45, 2.75) is 51.6 Å². The third kappa shape index (κ3) is 3.90. The number of H-pyrrole nitrogens is 1. The Hall–Kier alpha value is -1.80. The predicted molar refractivity (Wildman–Crippen MR) is 91.9 cm³/mol. The fourth-order valence-electron chi connectivity index (χ4n) is 4.03. The topological polar surface area (TPSA) is 84.8 Å². The average molecular weight is 345 g/mol. The molecule has 0 unspecified atom stereocenters. The Morgan fingerprint density at radius 2 is 2.00 bits per heavy atom. The van der Waals surface area contributed by atoms with Gasteiger partial charge in [0.05, 0.1) is 12.7 Å². The van der Waals surface area contributed by atoms with Crippen molar-refractivity contribution in [3.8, 4) is 0 Å². The number of ether oxygens (including phenoxy) is 1. The van der Waals surface area contributed by atoms with Gasteiger partial charge in [-0.25, -0.2) is 4.68 Å². The molecule has 4 rings (SSSR count). The molecule has 2 saturated heterocycles. The summed E-state index contributed by atoms with van der Waals surface area (Å²) < 4.78 is 7.45. The third-order valence-electron chi connectivity index (χ3n) is 5.64. The van der Waals surface area contributed by atoms with Gasteiger partial charge in [0.1, 0.15) is 0 Å². The molecule has 4 heterocycles. The molecule has 0 aromatic carbocycles. The number of aromatic amines is 1. The minimum Gasteiger partial charge on any atom is -0.381 e. The first-order valence-electron chi connectivity index (χ1n) is 9.34. The van der Waals surface area contributed by atoms with Gasteiger partial charge in [-0.15, -0.1) is 5.10 Å². The second kappa shape index (κ2) is 7.61. The lowest BCUT2D eigenvalue weighted by atomic mass is 9.90. The molecule has 0 aliphatic carbocycles. The molecule has 2 aliphatic heterocycles. The van der Waals surface area contributed by atoms with Gasteiger partial charge in [0, 0.05) is 25.5 Å². The van der Waals surface area contributed by atoms with Crippen molar-refractivity contribution in [1.82, 2.24) is 35.3 Å². The van der Waals surface area contributed by atoms with Crippen molar-refractivity contribution in [3.05, 3.63) is 23.3 Å². The van der Waals surface area contributed by atoms with E-state index in [2.05, 4.69) is 37.5 Å². The number of nitrogens with zero attached hydrogens (tertiary/aromatic N) is 6. The van der Waals surface area contributed by atoms with Crippen LogP contribution in [0.4, 0.5) is 0 Å². The quantitative estimate of drug-likeness (QED) is 0.884. The number of hydrogen-bond acceptors (Lipinski definition) is 6. The molecule has 0 amide bonds. The first-order valence-corrected chi connectivity index (χ1v) is 9.34. The normalized spacial score (nSPS) is 21.0. The van der Waals surface area contributed by atoms with Gasteiger partial charge in [0.25, 0.3) is 0 Å². The lowest BCUT2D eigenvalue weighted by Crippen LogP contribution is -2.34. The van der Waals surface area contributed by atoms with Crippen molar-refractivity contribution in [1.29, 1.82) is 0 Å². The van der Waals surface area contributed by atoms with Gasteiger partial charge in [-0.3, -0.25) is 10.00 Å². The summed E-state index contributed by atoms with van der Waals surface area (Å²) in [6.07, 6.45) is 6.54. The number of aromatic nitrogens is 6. The second-order valence-corrected chi connectivity index (χ2v) is 7.33. The zero-order valence-corrected chi connectivity index (χ0v) is 14.9. The van der Waals surface area contributed by atoms with Crippen LogP contribution < -0.4 is 0 Å². The third-order valence-corrected chi connectivity index (χ3v) is 5.64. The largest absolute Gasteiger partial charge is 0.381 e. The van der Waals surface area contributed by atoms with Crippen LogP contribution in [-0.4, -0.2) is 61.6 Å². The van der Waals surface area contributed by atoms with Gasteiger partial charge >= 0.3 is 0 Å². The molecule has 0 bridgehead atoms. The van der Waals surface area contributed by atoms with Crippen LogP contribution in [0.15, 0.2) is 6.20 Å². The van der Waals surface area contributed by atoms with E-state index in [4.69, 9.17) is 4.74 Å². The molecule has 25 heavy (non-hydrogen) atoms. The molecular formula is C17H27N7O. The highest BCUT2D eigenvalue weighted by molar-refractivity contribution is 5.20. The Bertz CT molecular complexity index is 668. The highest BCUT2D eigenvalue weighted by Crippen LogP contribution is 2.29. The predicted octanol–water partition coefficient (Wildman–Crippen LogP) is 1.51. The molecule has 2 fully saturated rings. The van der Waals surface area contributed by atoms with E-state index in [9.17, 15) is 0 Å². The summed E-state index contributed by atoms with van der Waals surface area (Å²) in [5, 5.41) is 19.6. The number of piperidine rings is 1. The lowest BCUT2D eigenvalue weighted by molar-refractivity contribution is 0.0593. The SMILES string of the molecule is Cc1[nH]ncc1C1CCN(Cc2nnnn2CC2CCOCC2)CC1. The van der Waals surface area contributed by atoms with Crippen molar-refractivity contribution >= 4 is 0 Å². The number of tetrazole rings is 1. The van der Waals surface area contributed by atoms with Crippen LogP contribution >= 0.6 is 0 Å². The highest BCUT2D eigenvalue weighted by Gasteiger charge is 2.24. The van der Waals surface area contributed by atoms with E-state index < -0.39 is 0 Å². The molecule has 1 N–H and O–H groups in total. The van der Waals surface area contributed by atoms with Crippen LogP contribution in [0.25, 0.3) is 0 Å². The van der Waals surface area contributed by atoms with Crippen LogP contribution in [0.5, 0.6) is 0 Å². The maximum atomic E-state index is 5.44. The Balaban J connectivity index is 1.31. The average Bonchev–Trinajstić information content (AvgIpc) is 3.26. The summed E-state index contributed by atoms with van der Waals surface area (Å²) in [6.45, 7) is 7.76. The van der Waals surface area contributed by atoms with Crippen LogP contribution in [0.1, 0.15) is 48.7 Å². The van der Waals surface area contributed by atoms with E-state index in [0.717, 1.165) is 58.1 Å². The number of likely N-dealkylation sites (tertiary alicyclic amines) is 1. The van der Waals surface area contributed by atoms with Gasteiger partial charge in [-0.05, 0) is 73.5 Å². The van der Waals surface area contributed by atoms with Crippen LogP contribution in [0, 0.1) is 12.8 Å². The Kier molecular flexibility index (Phi) is 5.07. The molecule has 0 atom stereocenters. The Morgan fingerprint density at radius 1 is 1.20 bits per heavy atom. The van der Waals surface area contributed by atoms with E-state index in [1.807, 2.05) is 10.9 Å². The zero-order valence-electron chi connectivity index (χ0n) is 14.9. The van der Waals surface area contributed by atoms with Crippen LogP contribution in [0.3, 0.4) is 0 Å². The van der Waals surface area contributed by atoms with Crippen molar-refractivity contribution in [2.75, 3.05) is 26.3 Å². The van der Waals surface area contributed by atoms with Gasteiger partial charge in [0.2, 0.25) is 0 Å². The molecule has 0 spiro atoms. The van der Waals surface area contributed by atoms with E-state index in [1.54, 1.807) is 0 Å². The van der Waals surface area contributed by atoms with E-state index >= 15 is 0 Å². The zero-order chi connectivity index (χ0) is 17.1. The molecule has 2 aromatic heterocycles. The summed E-state index contributed by atoms with van der Waals surface area (Å²) in [7, 11) is 0. The summed E-state index contributed by atoms with van der Waals surface area (Å²) in [5.41, 5.74) is 2.59.